The van der Waals surface area contributed by atoms with Crippen molar-refractivity contribution in [3.8, 4) is 11.5 Å². The third-order valence-electron chi connectivity index (χ3n) is 3.67. The van der Waals surface area contributed by atoms with Gasteiger partial charge < -0.3 is 14.8 Å². The Kier molecular flexibility index (Phi) is 5.08. The number of rotatable bonds is 7. The van der Waals surface area contributed by atoms with E-state index in [1.54, 1.807) is 7.11 Å². The minimum Gasteiger partial charge on any atom is -0.493 e. The zero-order valence-corrected chi connectivity index (χ0v) is 12.2. The van der Waals surface area contributed by atoms with Crippen LogP contribution in [-0.2, 0) is 6.54 Å². The van der Waals surface area contributed by atoms with Gasteiger partial charge in [-0.3, -0.25) is 0 Å². The molecular weight excluding hydrogens is 238 g/mol. The molecule has 0 amide bonds. The average molecular weight is 263 g/mol. The molecule has 0 bridgehead atoms. The fourth-order valence-electron chi connectivity index (χ4n) is 2.20. The summed E-state index contributed by atoms with van der Waals surface area (Å²) in [6.45, 7) is 5.92. The molecule has 0 unspecified atom stereocenters. The van der Waals surface area contributed by atoms with Gasteiger partial charge >= 0.3 is 0 Å². The molecule has 1 saturated carbocycles. The number of ether oxygens (including phenoxy) is 2. The number of methoxy groups -OCH3 is 1. The molecule has 1 N–H and O–H groups in total. The van der Waals surface area contributed by atoms with E-state index in [1.165, 1.54) is 24.8 Å². The lowest BCUT2D eigenvalue weighted by molar-refractivity contribution is 0.174. The molecule has 1 aromatic rings. The summed E-state index contributed by atoms with van der Waals surface area (Å²) in [5.41, 5.74) is 1.17. The van der Waals surface area contributed by atoms with Crippen LogP contribution in [-0.4, -0.2) is 19.8 Å². The molecule has 0 radical (unpaired) electrons. The van der Waals surface area contributed by atoms with Crippen molar-refractivity contribution in [2.45, 2.75) is 45.7 Å². The van der Waals surface area contributed by atoms with Crippen molar-refractivity contribution in [3.05, 3.63) is 23.8 Å². The van der Waals surface area contributed by atoms with Gasteiger partial charge in [-0.15, -0.1) is 0 Å². The van der Waals surface area contributed by atoms with Crippen LogP contribution in [0, 0.1) is 5.92 Å². The summed E-state index contributed by atoms with van der Waals surface area (Å²) in [6.07, 6.45) is 3.95. The van der Waals surface area contributed by atoms with Gasteiger partial charge in [-0.2, -0.15) is 0 Å². The molecule has 0 aromatic heterocycles. The standard InChI is InChI=1S/C16H25NO2/c1-12(2)17-10-14-8-5-9-15(18-3)16(14)19-11-13-6-4-7-13/h5,8-9,12-13,17H,4,6-7,10-11H2,1-3H3. The Morgan fingerprint density at radius 1 is 1.32 bits per heavy atom. The minimum absolute atomic E-state index is 0.464. The van der Waals surface area contributed by atoms with E-state index < -0.39 is 0 Å². The number of hydrogen-bond donors (Lipinski definition) is 1. The van der Waals surface area contributed by atoms with Gasteiger partial charge in [-0.05, 0) is 24.8 Å². The Morgan fingerprint density at radius 2 is 2.11 bits per heavy atom. The Bertz CT molecular complexity index is 400. The number of benzene rings is 1. The molecule has 3 nitrogen and oxygen atoms in total. The molecule has 1 aliphatic carbocycles. The van der Waals surface area contributed by atoms with Crippen LogP contribution in [0.15, 0.2) is 18.2 Å². The highest BCUT2D eigenvalue weighted by atomic mass is 16.5. The van der Waals surface area contributed by atoms with Gasteiger partial charge in [0.05, 0.1) is 13.7 Å². The summed E-state index contributed by atoms with van der Waals surface area (Å²) in [7, 11) is 1.70. The fraction of sp³-hybridized carbons (Fsp3) is 0.625. The van der Waals surface area contributed by atoms with Crippen LogP contribution in [0.3, 0.4) is 0 Å². The van der Waals surface area contributed by atoms with Gasteiger partial charge in [0.25, 0.3) is 0 Å². The lowest BCUT2D eigenvalue weighted by Gasteiger charge is -2.26. The third-order valence-corrected chi connectivity index (χ3v) is 3.67. The maximum absolute atomic E-state index is 6.03. The van der Waals surface area contributed by atoms with Gasteiger partial charge in [0.1, 0.15) is 0 Å². The van der Waals surface area contributed by atoms with E-state index >= 15 is 0 Å². The van der Waals surface area contributed by atoms with Crippen molar-refractivity contribution in [1.29, 1.82) is 0 Å². The Morgan fingerprint density at radius 3 is 2.68 bits per heavy atom. The zero-order chi connectivity index (χ0) is 13.7. The van der Waals surface area contributed by atoms with Crippen LogP contribution in [0.25, 0.3) is 0 Å². The van der Waals surface area contributed by atoms with Crippen molar-refractivity contribution in [3.63, 3.8) is 0 Å². The summed E-state index contributed by atoms with van der Waals surface area (Å²) in [4.78, 5) is 0. The van der Waals surface area contributed by atoms with Crippen LogP contribution in [0.5, 0.6) is 11.5 Å². The second-order valence-corrected chi connectivity index (χ2v) is 5.59. The molecule has 0 heterocycles. The molecule has 0 spiro atoms. The Balaban J connectivity index is 2.05. The van der Waals surface area contributed by atoms with Crippen LogP contribution in [0.2, 0.25) is 0 Å². The average Bonchev–Trinajstić information content (AvgIpc) is 2.35. The second-order valence-electron chi connectivity index (χ2n) is 5.59. The molecule has 19 heavy (non-hydrogen) atoms. The monoisotopic (exact) mass is 263 g/mol. The molecule has 0 atom stereocenters. The highest BCUT2D eigenvalue weighted by Crippen LogP contribution is 2.33. The lowest BCUT2D eigenvalue weighted by atomic mass is 9.86. The predicted molar refractivity (Wildman–Crippen MR) is 77.8 cm³/mol. The normalized spacial score (nSPS) is 15.4. The second kappa shape index (κ2) is 6.80. The van der Waals surface area contributed by atoms with Gasteiger partial charge in [0, 0.05) is 18.2 Å². The molecule has 106 valence electrons. The van der Waals surface area contributed by atoms with Crippen molar-refractivity contribution in [1.82, 2.24) is 5.32 Å². The van der Waals surface area contributed by atoms with E-state index in [9.17, 15) is 0 Å². The first-order valence-electron chi connectivity index (χ1n) is 7.22. The van der Waals surface area contributed by atoms with E-state index in [2.05, 4.69) is 25.2 Å². The largest absolute Gasteiger partial charge is 0.493 e. The Hall–Kier alpha value is -1.22. The number of hydrogen-bond acceptors (Lipinski definition) is 3. The molecule has 1 aromatic carbocycles. The third kappa shape index (κ3) is 3.87. The zero-order valence-electron chi connectivity index (χ0n) is 12.2. The molecular formula is C16H25NO2. The van der Waals surface area contributed by atoms with E-state index in [4.69, 9.17) is 9.47 Å². The first-order chi connectivity index (χ1) is 9.20. The number of nitrogens with one attached hydrogen (secondary N) is 1. The predicted octanol–water partition coefficient (Wildman–Crippen LogP) is 3.37. The van der Waals surface area contributed by atoms with Gasteiger partial charge in [-0.1, -0.05) is 32.4 Å². The van der Waals surface area contributed by atoms with Gasteiger partial charge in [-0.25, -0.2) is 0 Å². The summed E-state index contributed by atoms with van der Waals surface area (Å²) in [5, 5.41) is 3.43. The summed E-state index contributed by atoms with van der Waals surface area (Å²) in [5.74, 6) is 2.48. The molecule has 0 saturated heterocycles. The molecule has 0 aliphatic heterocycles. The first kappa shape index (κ1) is 14.2. The van der Waals surface area contributed by atoms with Crippen molar-refractivity contribution in [2.24, 2.45) is 5.92 Å². The minimum atomic E-state index is 0.464. The highest BCUT2D eigenvalue weighted by molar-refractivity contribution is 5.46. The molecule has 3 heteroatoms. The van der Waals surface area contributed by atoms with E-state index in [1.807, 2.05) is 12.1 Å². The van der Waals surface area contributed by atoms with Crippen LogP contribution >= 0.6 is 0 Å². The maximum atomic E-state index is 6.03. The van der Waals surface area contributed by atoms with E-state index in [0.29, 0.717) is 6.04 Å². The smallest absolute Gasteiger partial charge is 0.165 e. The van der Waals surface area contributed by atoms with Crippen LogP contribution in [0.1, 0.15) is 38.7 Å². The van der Waals surface area contributed by atoms with Crippen molar-refractivity contribution in [2.75, 3.05) is 13.7 Å². The topological polar surface area (TPSA) is 30.5 Å². The molecule has 1 aliphatic rings. The van der Waals surface area contributed by atoms with E-state index in [0.717, 1.165) is 30.6 Å². The molecule has 1 fully saturated rings. The van der Waals surface area contributed by atoms with Crippen molar-refractivity contribution < 1.29 is 9.47 Å². The Labute approximate surface area is 116 Å². The first-order valence-corrected chi connectivity index (χ1v) is 7.22. The SMILES string of the molecule is COc1cccc(CNC(C)C)c1OCC1CCC1. The quantitative estimate of drug-likeness (QED) is 0.818. The van der Waals surface area contributed by atoms with E-state index in [-0.39, 0.29) is 0 Å². The van der Waals surface area contributed by atoms with Gasteiger partial charge in [0.2, 0.25) is 0 Å². The molecule has 2 rings (SSSR count). The maximum Gasteiger partial charge on any atom is 0.165 e. The lowest BCUT2D eigenvalue weighted by Crippen LogP contribution is -2.23. The summed E-state index contributed by atoms with van der Waals surface area (Å²) >= 11 is 0. The summed E-state index contributed by atoms with van der Waals surface area (Å²) in [6, 6.07) is 6.56. The fourth-order valence-corrected chi connectivity index (χ4v) is 2.20. The van der Waals surface area contributed by atoms with Crippen LogP contribution in [0.4, 0.5) is 0 Å². The highest BCUT2D eigenvalue weighted by Gasteiger charge is 2.19. The van der Waals surface area contributed by atoms with Crippen molar-refractivity contribution >= 4 is 0 Å². The van der Waals surface area contributed by atoms with Crippen LogP contribution < -0.4 is 14.8 Å². The summed E-state index contributed by atoms with van der Waals surface area (Å²) < 4.78 is 11.5. The van der Waals surface area contributed by atoms with Gasteiger partial charge in [0.15, 0.2) is 11.5 Å². The number of para-hydroxylation sites is 1.